The normalized spacial score (nSPS) is 15.6. The molecule has 0 radical (unpaired) electrons. The minimum atomic E-state index is 0.783. The highest BCUT2D eigenvalue weighted by Gasteiger charge is 2.18. The van der Waals surface area contributed by atoms with Gasteiger partial charge >= 0.3 is 0 Å². The molecule has 4 heteroatoms. The van der Waals surface area contributed by atoms with Crippen molar-refractivity contribution >= 4 is 10.8 Å². The SMILES string of the molecule is COc1ccc(CN2CCN(Cc3cccc4ccccc34)CC2)cc1OC. The van der Waals surface area contributed by atoms with Crippen molar-refractivity contribution in [1.82, 2.24) is 9.80 Å². The van der Waals surface area contributed by atoms with E-state index in [0.717, 1.165) is 50.8 Å². The lowest BCUT2D eigenvalue weighted by atomic mass is 10.0. The smallest absolute Gasteiger partial charge is 0.161 e. The molecule has 1 fully saturated rings. The van der Waals surface area contributed by atoms with E-state index < -0.39 is 0 Å². The second kappa shape index (κ2) is 8.63. The summed E-state index contributed by atoms with van der Waals surface area (Å²) in [6.07, 6.45) is 0. The van der Waals surface area contributed by atoms with Gasteiger partial charge in [-0.2, -0.15) is 0 Å². The Balaban J connectivity index is 1.36. The number of methoxy groups -OCH3 is 2. The molecule has 0 unspecified atom stereocenters. The Kier molecular flexibility index (Phi) is 5.79. The number of hydrogen-bond donors (Lipinski definition) is 0. The first-order valence-electron chi connectivity index (χ1n) is 9.89. The lowest BCUT2D eigenvalue weighted by Gasteiger charge is -2.35. The molecule has 146 valence electrons. The highest BCUT2D eigenvalue weighted by atomic mass is 16.5. The topological polar surface area (TPSA) is 24.9 Å². The van der Waals surface area contributed by atoms with E-state index in [9.17, 15) is 0 Å². The average Bonchev–Trinajstić information content (AvgIpc) is 2.75. The third-order valence-electron chi connectivity index (χ3n) is 5.59. The zero-order valence-electron chi connectivity index (χ0n) is 16.7. The van der Waals surface area contributed by atoms with E-state index >= 15 is 0 Å². The lowest BCUT2D eigenvalue weighted by molar-refractivity contribution is 0.122. The molecule has 0 bridgehead atoms. The maximum absolute atomic E-state index is 5.43. The summed E-state index contributed by atoms with van der Waals surface area (Å²) in [5.74, 6) is 1.58. The first kappa shape index (κ1) is 18.8. The van der Waals surface area contributed by atoms with Gasteiger partial charge < -0.3 is 9.47 Å². The summed E-state index contributed by atoms with van der Waals surface area (Å²) in [6.45, 7) is 6.32. The lowest BCUT2D eigenvalue weighted by Crippen LogP contribution is -2.45. The van der Waals surface area contributed by atoms with E-state index in [1.807, 2.05) is 6.07 Å². The Hall–Kier alpha value is -2.56. The van der Waals surface area contributed by atoms with E-state index in [0.29, 0.717) is 0 Å². The van der Waals surface area contributed by atoms with Gasteiger partial charge in [-0.05, 0) is 34.0 Å². The molecule has 4 rings (SSSR count). The number of piperazine rings is 1. The first-order chi connectivity index (χ1) is 13.8. The Morgan fingerprint density at radius 3 is 2.14 bits per heavy atom. The number of fused-ring (bicyclic) bond motifs is 1. The Bertz CT molecular complexity index is 928. The number of rotatable bonds is 6. The van der Waals surface area contributed by atoms with Crippen molar-refractivity contribution in [2.75, 3.05) is 40.4 Å². The van der Waals surface area contributed by atoms with Crippen molar-refractivity contribution in [1.29, 1.82) is 0 Å². The summed E-state index contributed by atoms with van der Waals surface area (Å²) in [6, 6.07) is 21.5. The van der Waals surface area contributed by atoms with E-state index in [-0.39, 0.29) is 0 Å². The van der Waals surface area contributed by atoms with Gasteiger partial charge in [0.25, 0.3) is 0 Å². The molecule has 3 aromatic carbocycles. The van der Waals surface area contributed by atoms with Crippen molar-refractivity contribution in [2.45, 2.75) is 13.1 Å². The molecular formula is C24H28N2O2. The van der Waals surface area contributed by atoms with Crippen LogP contribution in [0.1, 0.15) is 11.1 Å². The van der Waals surface area contributed by atoms with Crippen LogP contribution in [0, 0.1) is 0 Å². The number of benzene rings is 3. The number of nitrogens with zero attached hydrogens (tertiary/aromatic N) is 2. The summed E-state index contributed by atoms with van der Waals surface area (Å²) in [4.78, 5) is 5.08. The van der Waals surface area contributed by atoms with Crippen LogP contribution in [0.2, 0.25) is 0 Å². The molecule has 0 aliphatic carbocycles. The number of hydrogen-bond acceptors (Lipinski definition) is 4. The van der Waals surface area contributed by atoms with Crippen molar-refractivity contribution in [3.63, 3.8) is 0 Å². The van der Waals surface area contributed by atoms with Crippen LogP contribution in [0.4, 0.5) is 0 Å². The average molecular weight is 377 g/mol. The summed E-state index contributed by atoms with van der Waals surface area (Å²) in [5, 5.41) is 2.70. The van der Waals surface area contributed by atoms with Crippen LogP contribution in [-0.4, -0.2) is 50.2 Å². The van der Waals surface area contributed by atoms with Crippen molar-refractivity contribution in [3.8, 4) is 11.5 Å². The van der Waals surface area contributed by atoms with Gasteiger partial charge in [0.05, 0.1) is 14.2 Å². The van der Waals surface area contributed by atoms with E-state index in [1.54, 1.807) is 14.2 Å². The van der Waals surface area contributed by atoms with Crippen LogP contribution in [0.25, 0.3) is 10.8 Å². The minimum absolute atomic E-state index is 0.783. The fourth-order valence-electron chi connectivity index (χ4n) is 4.01. The first-order valence-corrected chi connectivity index (χ1v) is 9.89. The molecule has 0 amide bonds. The highest BCUT2D eigenvalue weighted by Crippen LogP contribution is 2.28. The van der Waals surface area contributed by atoms with Crippen LogP contribution in [-0.2, 0) is 13.1 Å². The molecule has 28 heavy (non-hydrogen) atoms. The van der Waals surface area contributed by atoms with E-state index in [1.165, 1.54) is 21.9 Å². The molecule has 1 saturated heterocycles. The predicted octanol–water partition coefficient (Wildman–Crippen LogP) is 4.17. The van der Waals surface area contributed by atoms with Crippen LogP contribution in [0.3, 0.4) is 0 Å². The Morgan fingerprint density at radius 1 is 0.714 bits per heavy atom. The Labute approximate surface area is 167 Å². The van der Waals surface area contributed by atoms with Crippen LogP contribution < -0.4 is 9.47 Å². The molecule has 1 heterocycles. The maximum atomic E-state index is 5.43. The van der Waals surface area contributed by atoms with Gasteiger partial charge in [0.1, 0.15) is 0 Å². The molecule has 0 atom stereocenters. The molecule has 1 aliphatic heterocycles. The van der Waals surface area contributed by atoms with E-state index in [4.69, 9.17) is 9.47 Å². The third-order valence-corrected chi connectivity index (χ3v) is 5.59. The fourth-order valence-corrected chi connectivity index (χ4v) is 4.01. The largest absolute Gasteiger partial charge is 0.493 e. The summed E-state index contributed by atoms with van der Waals surface area (Å²) in [5.41, 5.74) is 2.69. The van der Waals surface area contributed by atoms with Crippen LogP contribution in [0.15, 0.2) is 60.7 Å². The third kappa shape index (κ3) is 4.13. The van der Waals surface area contributed by atoms with Crippen LogP contribution >= 0.6 is 0 Å². The van der Waals surface area contributed by atoms with Gasteiger partial charge in [-0.3, -0.25) is 9.80 Å². The van der Waals surface area contributed by atoms with Gasteiger partial charge in [-0.1, -0.05) is 48.5 Å². The van der Waals surface area contributed by atoms with Gasteiger partial charge in [0.15, 0.2) is 11.5 Å². The second-order valence-electron chi connectivity index (χ2n) is 7.38. The number of ether oxygens (including phenoxy) is 2. The molecule has 1 aliphatic rings. The maximum Gasteiger partial charge on any atom is 0.161 e. The fraction of sp³-hybridized carbons (Fsp3) is 0.333. The summed E-state index contributed by atoms with van der Waals surface area (Å²) < 4.78 is 10.8. The predicted molar refractivity (Wildman–Crippen MR) is 114 cm³/mol. The van der Waals surface area contributed by atoms with E-state index in [2.05, 4.69) is 64.4 Å². The van der Waals surface area contributed by atoms with Crippen LogP contribution in [0.5, 0.6) is 11.5 Å². The van der Waals surface area contributed by atoms with Gasteiger partial charge in [-0.25, -0.2) is 0 Å². The second-order valence-corrected chi connectivity index (χ2v) is 7.38. The standard InChI is InChI=1S/C24H28N2O2/c1-27-23-11-10-19(16-24(23)28-2)17-25-12-14-26(15-13-25)18-21-8-5-7-20-6-3-4-9-22(20)21/h3-11,16H,12-15,17-18H2,1-2H3. The molecule has 0 saturated carbocycles. The highest BCUT2D eigenvalue weighted by molar-refractivity contribution is 5.85. The summed E-state index contributed by atoms with van der Waals surface area (Å²) >= 11 is 0. The van der Waals surface area contributed by atoms with Crippen molar-refractivity contribution in [3.05, 3.63) is 71.8 Å². The molecule has 0 N–H and O–H groups in total. The molecule has 0 spiro atoms. The quantitative estimate of drug-likeness (QED) is 0.644. The molecule has 3 aromatic rings. The zero-order valence-corrected chi connectivity index (χ0v) is 16.7. The van der Waals surface area contributed by atoms with Gasteiger partial charge in [-0.15, -0.1) is 0 Å². The Morgan fingerprint density at radius 2 is 1.39 bits per heavy atom. The monoisotopic (exact) mass is 376 g/mol. The minimum Gasteiger partial charge on any atom is -0.493 e. The van der Waals surface area contributed by atoms with Gasteiger partial charge in [0, 0.05) is 39.3 Å². The van der Waals surface area contributed by atoms with Crippen molar-refractivity contribution < 1.29 is 9.47 Å². The van der Waals surface area contributed by atoms with Crippen molar-refractivity contribution in [2.24, 2.45) is 0 Å². The molecule has 0 aromatic heterocycles. The molecule has 4 nitrogen and oxygen atoms in total. The van der Waals surface area contributed by atoms with Gasteiger partial charge in [0.2, 0.25) is 0 Å². The zero-order chi connectivity index (χ0) is 19.3. The summed E-state index contributed by atoms with van der Waals surface area (Å²) in [7, 11) is 3.36. The molecular weight excluding hydrogens is 348 g/mol.